The molecule has 3 rings (SSSR count). The summed E-state index contributed by atoms with van der Waals surface area (Å²) in [5.41, 5.74) is 0.735. The van der Waals surface area contributed by atoms with Gasteiger partial charge in [0.25, 0.3) is 0 Å². The SMILES string of the molecule is CC(C)(C)C1CN(CC2CCOCC2)C(C)(C2CC2)CN1. The van der Waals surface area contributed by atoms with Crippen LogP contribution in [0.25, 0.3) is 0 Å². The standard InChI is InChI=1S/C18H34N2O/c1-17(2,3)16-12-20(11-14-7-9-21-10-8-14)18(4,13-19-16)15-5-6-15/h14-16,19H,5-13H2,1-4H3. The van der Waals surface area contributed by atoms with Crippen molar-refractivity contribution in [3.63, 3.8) is 0 Å². The second-order valence-electron chi connectivity index (χ2n) is 8.89. The molecule has 0 bridgehead atoms. The number of ether oxygens (including phenoxy) is 1. The average molecular weight is 294 g/mol. The Morgan fingerprint density at radius 1 is 1.14 bits per heavy atom. The van der Waals surface area contributed by atoms with E-state index in [1.165, 1.54) is 45.3 Å². The predicted octanol–water partition coefficient (Wildman–Crippen LogP) is 2.90. The maximum atomic E-state index is 5.55. The highest BCUT2D eigenvalue weighted by atomic mass is 16.5. The van der Waals surface area contributed by atoms with Gasteiger partial charge in [-0.2, -0.15) is 0 Å². The van der Waals surface area contributed by atoms with Crippen molar-refractivity contribution in [3.05, 3.63) is 0 Å². The molecule has 1 N–H and O–H groups in total. The fourth-order valence-electron chi connectivity index (χ4n) is 4.15. The summed E-state index contributed by atoms with van der Waals surface area (Å²) in [4.78, 5) is 2.85. The Morgan fingerprint density at radius 3 is 2.38 bits per heavy atom. The van der Waals surface area contributed by atoms with Gasteiger partial charge in [-0.25, -0.2) is 0 Å². The summed E-state index contributed by atoms with van der Waals surface area (Å²) in [7, 11) is 0. The van der Waals surface area contributed by atoms with Crippen molar-refractivity contribution < 1.29 is 4.74 Å². The fourth-order valence-corrected chi connectivity index (χ4v) is 4.15. The van der Waals surface area contributed by atoms with Crippen LogP contribution in [0.3, 0.4) is 0 Å². The molecule has 3 fully saturated rings. The van der Waals surface area contributed by atoms with Crippen molar-refractivity contribution in [2.24, 2.45) is 17.3 Å². The molecule has 0 aromatic heterocycles. The van der Waals surface area contributed by atoms with Crippen molar-refractivity contribution in [2.45, 2.75) is 65.0 Å². The van der Waals surface area contributed by atoms with Gasteiger partial charge in [-0.1, -0.05) is 20.8 Å². The van der Waals surface area contributed by atoms with Crippen LogP contribution >= 0.6 is 0 Å². The summed E-state index contributed by atoms with van der Waals surface area (Å²) in [5.74, 6) is 1.77. The zero-order valence-electron chi connectivity index (χ0n) is 14.5. The maximum Gasteiger partial charge on any atom is 0.0469 e. The smallest absolute Gasteiger partial charge is 0.0469 e. The first-order valence-electron chi connectivity index (χ1n) is 8.96. The molecule has 0 aromatic rings. The van der Waals surface area contributed by atoms with Gasteiger partial charge in [-0.15, -0.1) is 0 Å². The number of rotatable bonds is 3. The fraction of sp³-hybridized carbons (Fsp3) is 1.00. The van der Waals surface area contributed by atoms with E-state index >= 15 is 0 Å². The van der Waals surface area contributed by atoms with Gasteiger partial charge in [0.1, 0.15) is 0 Å². The van der Waals surface area contributed by atoms with E-state index in [9.17, 15) is 0 Å². The first-order valence-corrected chi connectivity index (χ1v) is 8.96. The summed E-state index contributed by atoms with van der Waals surface area (Å²) in [6.45, 7) is 15.2. The van der Waals surface area contributed by atoms with Crippen molar-refractivity contribution in [2.75, 3.05) is 32.8 Å². The van der Waals surface area contributed by atoms with Gasteiger partial charge < -0.3 is 10.1 Å². The van der Waals surface area contributed by atoms with Crippen LogP contribution in [0.2, 0.25) is 0 Å². The van der Waals surface area contributed by atoms with E-state index in [1.54, 1.807) is 0 Å². The van der Waals surface area contributed by atoms with Gasteiger partial charge in [0.05, 0.1) is 0 Å². The van der Waals surface area contributed by atoms with Crippen molar-refractivity contribution in [1.29, 1.82) is 0 Å². The molecule has 122 valence electrons. The van der Waals surface area contributed by atoms with Gasteiger partial charge in [0.2, 0.25) is 0 Å². The van der Waals surface area contributed by atoms with Crippen molar-refractivity contribution in [3.8, 4) is 0 Å². The molecule has 0 spiro atoms. The van der Waals surface area contributed by atoms with E-state index in [4.69, 9.17) is 4.74 Å². The number of nitrogens with zero attached hydrogens (tertiary/aromatic N) is 1. The molecule has 21 heavy (non-hydrogen) atoms. The number of piperazine rings is 1. The number of hydrogen-bond acceptors (Lipinski definition) is 3. The Hall–Kier alpha value is -0.120. The highest BCUT2D eigenvalue weighted by Crippen LogP contribution is 2.45. The Kier molecular flexibility index (Phi) is 4.37. The van der Waals surface area contributed by atoms with Gasteiger partial charge in [-0.05, 0) is 49.9 Å². The highest BCUT2D eigenvalue weighted by molar-refractivity contribution is 5.06. The monoisotopic (exact) mass is 294 g/mol. The molecule has 3 nitrogen and oxygen atoms in total. The van der Waals surface area contributed by atoms with Crippen molar-refractivity contribution in [1.82, 2.24) is 10.2 Å². The van der Waals surface area contributed by atoms with Crippen molar-refractivity contribution >= 4 is 0 Å². The lowest BCUT2D eigenvalue weighted by Gasteiger charge is -2.52. The largest absolute Gasteiger partial charge is 0.381 e. The molecule has 2 aliphatic heterocycles. The maximum absolute atomic E-state index is 5.55. The summed E-state index contributed by atoms with van der Waals surface area (Å²) in [6, 6.07) is 0.615. The lowest BCUT2D eigenvalue weighted by molar-refractivity contribution is -0.0188. The first kappa shape index (κ1) is 15.8. The minimum atomic E-state index is 0.346. The van der Waals surface area contributed by atoms with Crippen LogP contribution in [0.1, 0.15) is 53.4 Å². The Bertz CT molecular complexity index is 355. The quantitative estimate of drug-likeness (QED) is 0.866. The van der Waals surface area contributed by atoms with Crippen LogP contribution in [0.4, 0.5) is 0 Å². The van der Waals surface area contributed by atoms with Gasteiger partial charge >= 0.3 is 0 Å². The summed E-state index contributed by atoms with van der Waals surface area (Å²) < 4.78 is 5.55. The molecule has 0 radical (unpaired) electrons. The average Bonchev–Trinajstić information content (AvgIpc) is 3.26. The Balaban J connectivity index is 1.70. The first-order chi connectivity index (χ1) is 9.89. The second kappa shape index (κ2) is 5.82. The third-order valence-electron chi connectivity index (χ3n) is 6.15. The molecular weight excluding hydrogens is 260 g/mol. The van der Waals surface area contributed by atoms with Crippen LogP contribution in [-0.2, 0) is 4.74 Å². The van der Waals surface area contributed by atoms with Crippen LogP contribution in [0.5, 0.6) is 0 Å². The molecule has 2 heterocycles. The second-order valence-corrected chi connectivity index (χ2v) is 8.89. The molecule has 2 unspecified atom stereocenters. The Labute approximate surface area is 130 Å². The topological polar surface area (TPSA) is 24.5 Å². The molecular formula is C18H34N2O. The molecule has 1 aliphatic carbocycles. The van der Waals surface area contributed by atoms with Gasteiger partial charge in [-0.3, -0.25) is 4.90 Å². The molecule has 3 aliphatic rings. The minimum absolute atomic E-state index is 0.346. The number of nitrogens with one attached hydrogen (secondary N) is 1. The zero-order chi connectivity index (χ0) is 15.1. The Morgan fingerprint density at radius 2 is 1.81 bits per heavy atom. The summed E-state index contributed by atoms with van der Waals surface area (Å²) >= 11 is 0. The molecule has 1 saturated carbocycles. The minimum Gasteiger partial charge on any atom is -0.381 e. The van der Waals surface area contributed by atoms with E-state index < -0.39 is 0 Å². The lowest BCUT2D eigenvalue weighted by atomic mass is 9.80. The summed E-state index contributed by atoms with van der Waals surface area (Å²) in [5, 5.41) is 3.87. The van der Waals surface area contributed by atoms with Crippen LogP contribution < -0.4 is 5.32 Å². The molecule has 0 amide bonds. The van der Waals surface area contributed by atoms with E-state index in [-0.39, 0.29) is 0 Å². The molecule has 2 saturated heterocycles. The van der Waals surface area contributed by atoms with E-state index in [0.717, 1.165) is 25.0 Å². The zero-order valence-corrected chi connectivity index (χ0v) is 14.5. The third-order valence-corrected chi connectivity index (χ3v) is 6.15. The lowest BCUT2D eigenvalue weighted by Crippen LogP contribution is -2.67. The van der Waals surface area contributed by atoms with E-state index in [0.29, 0.717) is 17.0 Å². The summed E-state index contributed by atoms with van der Waals surface area (Å²) in [6.07, 6.45) is 5.38. The third kappa shape index (κ3) is 3.46. The van der Waals surface area contributed by atoms with Gasteiger partial charge in [0, 0.05) is 44.4 Å². The van der Waals surface area contributed by atoms with Crippen LogP contribution in [0.15, 0.2) is 0 Å². The van der Waals surface area contributed by atoms with Crippen LogP contribution in [0, 0.1) is 17.3 Å². The normalized spacial score (nSPS) is 36.9. The van der Waals surface area contributed by atoms with E-state index in [2.05, 4.69) is 37.9 Å². The number of hydrogen-bond donors (Lipinski definition) is 1. The van der Waals surface area contributed by atoms with Crippen LogP contribution in [-0.4, -0.2) is 49.3 Å². The molecule has 0 aromatic carbocycles. The predicted molar refractivity (Wildman–Crippen MR) is 87.5 cm³/mol. The highest BCUT2D eigenvalue weighted by Gasteiger charge is 2.49. The molecule has 2 atom stereocenters. The van der Waals surface area contributed by atoms with Gasteiger partial charge in [0.15, 0.2) is 0 Å². The van der Waals surface area contributed by atoms with E-state index in [1.807, 2.05) is 0 Å². The molecule has 3 heteroatoms.